The van der Waals surface area contributed by atoms with Crippen LogP contribution in [0.1, 0.15) is 29.3 Å². The molecule has 2 aromatic carbocycles. The highest BCUT2D eigenvalue weighted by molar-refractivity contribution is 7.98. The van der Waals surface area contributed by atoms with E-state index in [0.717, 1.165) is 33.9 Å². The van der Waals surface area contributed by atoms with Crippen molar-refractivity contribution in [1.29, 1.82) is 0 Å². The number of hydrogen-bond donors (Lipinski definition) is 2. The summed E-state index contributed by atoms with van der Waals surface area (Å²) in [6, 6.07) is 10.2. The summed E-state index contributed by atoms with van der Waals surface area (Å²) in [4.78, 5) is 24.1. The van der Waals surface area contributed by atoms with Gasteiger partial charge < -0.3 is 14.8 Å². The molecule has 0 spiro atoms. The van der Waals surface area contributed by atoms with Gasteiger partial charge in [0.1, 0.15) is 0 Å². The molecule has 4 rings (SSSR count). The second-order valence-electron chi connectivity index (χ2n) is 7.08. The molecule has 0 aliphatic carbocycles. The van der Waals surface area contributed by atoms with Crippen molar-refractivity contribution in [3.63, 3.8) is 0 Å². The van der Waals surface area contributed by atoms with Crippen LogP contribution in [0.15, 0.2) is 52.1 Å². The number of alkyl halides is 3. The number of carbonyl (C=O) groups is 1. The lowest BCUT2D eigenvalue weighted by molar-refractivity contribution is -0.137. The van der Waals surface area contributed by atoms with Gasteiger partial charge in [-0.3, -0.25) is 4.79 Å². The molecular formula is C21H18F3N5O2S. The first-order valence-corrected chi connectivity index (χ1v) is 10.6. The Morgan fingerprint density at radius 3 is 2.69 bits per heavy atom. The fourth-order valence-corrected chi connectivity index (χ4v) is 3.67. The Balaban J connectivity index is 1.26. The van der Waals surface area contributed by atoms with E-state index in [9.17, 15) is 18.0 Å². The topological polar surface area (TPSA) is 96.7 Å². The quantitative estimate of drug-likeness (QED) is 0.370. The number of nitrogens with one attached hydrogen (secondary N) is 2. The Morgan fingerprint density at radius 2 is 1.94 bits per heavy atom. The van der Waals surface area contributed by atoms with Gasteiger partial charge >= 0.3 is 6.18 Å². The maximum atomic E-state index is 12.6. The van der Waals surface area contributed by atoms with Crippen LogP contribution in [0.4, 0.5) is 18.9 Å². The van der Waals surface area contributed by atoms with Gasteiger partial charge in [-0.25, -0.2) is 4.98 Å². The number of amides is 1. The molecule has 1 amide bonds. The molecule has 0 bridgehead atoms. The highest BCUT2D eigenvalue weighted by atomic mass is 32.2. The number of fused-ring (bicyclic) bond motifs is 1. The maximum absolute atomic E-state index is 12.6. The van der Waals surface area contributed by atoms with E-state index in [-0.39, 0.29) is 24.4 Å². The summed E-state index contributed by atoms with van der Waals surface area (Å²) in [6.45, 7) is 2.01. The molecule has 11 heteroatoms. The Morgan fingerprint density at radius 1 is 1.16 bits per heavy atom. The van der Waals surface area contributed by atoms with Crippen molar-refractivity contribution in [1.82, 2.24) is 20.1 Å². The van der Waals surface area contributed by atoms with E-state index in [0.29, 0.717) is 17.5 Å². The van der Waals surface area contributed by atoms with Crippen molar-refractivity contribution in [2.24, 2.45) is 0 Å². The smallest absolute Gasteiger partial charge is 0.339 e. The van der Waals surface area contributed by atoms with Crippen LogP contribution in [0.25, 0.3) is 11.0 Å². The first-order chi connectivity index (χ1) is 15.3. The summed E-state index contributed by atoms with van der Waals surface area (Å²) >= 11 is 1.44. The van der Waals surface area contributed by atoms with Gasteiger partial charge in [-0.15, -0.1) is 0 Å². The number of hydrogen-bond acceptors (Lipinski definition) is 6. The van der Waals surface area contributed by atoms with Gasteiger partial charge in [-0.05, 0) is 48.9 Å². The van der Waals surface area contributed by atoms with E-state index < -0.39 is 11.7 Å². The number of rotatable bonds is 7. The molecule has 2 aromatic heterocycles. The number of thioether (sulfide) groups is 1. The molecule has 0 aliphatic heterocycles. The number of aryl methyl sites for hydroxylation is 2. The third kappa shape index (κ3) is 5.47. The fraction of sp³-hybridized carbons (Fsp3) is 0.238. The number of benzene rings is 2. The highest BCUT2D eigenvalue weighted by Crippen LogP contribution is 2.30. The molecule has 7 nitrogen and oxygen atoms in total. The van der Waals surface area contributed by atoms with E-state index >= 15 is 0 Å². The van der Waals surface area contributed by atoms with Gasteiger partial charge in [0.2, 0.25) is 11.8 Å². The average molecular weight is 461 g/mol. The summed E-state index contributed by atoms with van der Waals surface area (Å²) in [5.41, 5.74) is 2.49. The zero-order valence-electron chi connectivity index (χ0n) is 16.9. The predicted octanol–water partition coefficient (Wildman–Crippen LogP) is 5.14. The summed E-state index contributed by atoms with van der Waals surface area (Å²) in [5.74, 6) is 0.865. The van der Waals surface area contributed by atoms with Crippen molar-refractivity contribution < 1.29 is 22.5 Å². The molecule has 0 radical (unpaired) electrons. The Kier molecular flexibility index (Phi) is 6.17. The van der Waals surface area contributed by atoms with Gasteiger partial charge in [-0.1, -0.05) is 23.0 Å². The summed E-state index contributed by atoms with van der Waals surface area (Å²) < 4.78 is 42.9. The number of H-pyrrole nitrogens is 1. The number of halogens is 3. The minimum Gasteiger partial charge on any atom is -0.339 e. The van der Waals surface area contributed by atoms with Gasteiger partial charge in [0.05, 0.1) is 22.3 Å². The number of nitrogens with zero attached hydrogens (tertiary/aromatic N) is 3. The van der Waals surface area contributed by atoms with Crippen LogP contribution in [0.2, 0.25) is 0 Å². The lowest BCUT2D eigenvalue weighted by atomic mass is 10.2. The predicted molar refractivity (Wildman–Crippen MR) is 113 cm³/mol. The zero-order chi connectivity index (χ0) is 22.7. The molecule has 0 saturated carbocycles. The molecule has 2 heterocycles. The van der Waals surface area contributed by atoms with Crippen LogP contribution in [0.3, 0.4) is 0 Å². The Hall–Kier alpha value is -3.34. The first kappa shape index (κ1) is 21.9. The molecule has 0 aliphatic rings. The second kappa shape index (κ2) is 9.03. The molecule has 2 N–H and O–H groups in total. The minimum atomic E-state index is -4.42. The summed E-state index contributed by atoms with van der Waals surface area (Å²) in [5, 5.41) is 7.20. The summed E-state index contributed by atoms with van der Waals surface area (Å²) in [6.07, 6.45) is -4.15. The Bertz CT molecular complexity index is 1230. The van der Waals surface area contributed by atoms with Crippen LogP contribution in [0, 0.1) is 6.92 Å². The second-order valence-corrected chi connectivity index (χ2v) is 8.04. The SMILES string of the molecule is Cc1ccc2nc(SCc3noc(CCC(=O)Nc4ccc(C(F)(F)F)cc4)n3)[nH]c2c1. The van der Waals surface area contributed by atoms with E-state index in [1.165, 1.54) is 23.9 Å². The molecule has 0 saturated heterocycles. The van der Waals surface area contributed by atoms with E-state index in [4.69, 9.17) is 4.52 Å². The third-order valence-corrected chi connectivity index (χ3v) is 5.40. The third-order valence-electron chi connectivity index (χ3n) is 4.53. The van der Waals surface area contributed by atoms with Crippen LogP contribution in [-0.4, -0.2) is 26.0 Å². The van der Waals surface area contributed by atoms with Crippen molar-refractivity contribution in [2.75, 3.05) is 5.32 Å². The number of carbonyl (C=O) groups excluding carboxylic acids is 1. The monoisotopic (exact) mass is 461 g/mol. The van der Waals surface area contributed by atoms with Crippen molar-refractivity contribution in [3.8, 4) is 0 Å². The van der Waals surface area contributed by atoms with E-state index in [1.807, 2.05) is 25.1 Å². The van der Waals surface area contributed by atoms with Crippen molar-refractivity contribution >= 4 is 34.4 Å². The van der Waals surface area contributed by atoms with Crippen LogP contribution in [0.5, 0.6) is 0 Å². The van der Waals surface area contributed by atoms with Crippen LogP contribution >= 0.6 is 11.8 Å². The number of aromatic amines is 1. The number of aromatic nitrogens is 4. The van der Waals surface area contributed by atoms with Gasteiger partial charge in [0, 0.05) is 18.5 Å². The largest absolute Gasteiger partial charge is 0.416 e. The lowest BCUT2D eigenvalue weighted by Gasteiger charge is -2.08. The Labute approximate surface area is 184 Å². The minimum absolute atomic E-state index is 0.0543. The first-order valence-electron chi connectivity index (χ1n) is 9.64. The lowest BCUT2D eigenvalue weighted by Crippen LogP contribution is -2.13. The normalized spacial score (nSPS) is 11.8. The standard InChI is InChI=1S/C21H18F3N5O2S/c1-12-2-7-15-16(10-12)27-20(26-15)32-11-17-28-19(31-29-17)9-8-18(30)25-14-5-3-13(4-6-14)21(22,23)24/h2-7,10H,8-9,11H2,1H3,(H,25,30)(H,26,27). The molecule has 0 fully saturated rings. The van der Waals surface area contributed by atoms with E-state index in [1.54, 1.807) is 0 Å². The molecule has 0 unspecified atom stereocenters. The van der Waals surface area contributed by atoms with Crippen molar-refractivity contribution in [2.45, 2.75) is 36.9 Å². The molecular weight excluding hydrogens is 443 g/mol. The van der Waals surface area contributed by atoms with Crippen LogP contribution < -0.4 is 5.32 Å². The van der Waals surface area contributed by atoms with Crippen molar-refractivity contribution in [3.05, 3.63) is 65.3 Å². The van der Waals surface area contributed by atoms with Gasteiger partial charge in [-0.2, -0.15) is 18.2 Å². The number of imidazole rings is 1. The maximum Gasteiger partial charge on any atom is 0.416 e. The zero-order valence-corrected chi connectivity index (χ0v) is 17.7. The number of anilines is 1. The molecule has 166 valence electrons. The van der Waals surface area contributed by atoms with Crippen LogP contribution in [-0.2, 0) is 23.1 Å². The fourth-order valence-electron chi connectivity index (χ4n) is 2.94. The van der Waals surface area contributed by atoms with Gasteiger partial charge in [0.25, 0.3) is 0 Å². The average Bonchev–Trinajstić information content (AvgIpc) is 3.36. The molecule has 4 aromatic rings. The highest BCUT2D eigenvalue weighted by Gasteiger charge is 2.30. The summed E-state index contributed by atoms with van der Waals surface area (Å²) in [7, 11) is 0. The van der Waals surface area contributed by atoms with Gasteiger partial charge in [0.15, 0.2) is 11.0 Å². The molecule has 32 heavy (non-hydrogen) atoms. The molecule has 0 atom stereocenters. The van der Waals surface area contributed by atoms with E-state index in [2.05, 4.69) is 25.4 Å².